The predicted molar refractivity (Wildman–Crippen MR) is 113 cm³/mol. The van der Waals surface area contributed by atoms with E-state index in [9.17, 15) is 14.0 Å². The van der Waals surface area contributed by atoms with Gasteiger partial charge in [-0.05, 0) is 29.2 Å². The van der Waals surface area contributed by atoms with Crippen LogP contribution in [-0.4, -0.2) is 51.3 Å². The molecule has 3 aromatic rings. The van der Waals surface area contributed by atoms with E-state index in [4.69, 9.17) is 5.73 Å². The maximum atomic E-state index is 13.4. The number of likely N-dealkylation sites (tertiary alicyclic amines) is 1. The Morgan fingerprint density at radius 1 is 1.20 bits per heavy atom. The highest BCUT2D eigenvalue weighted by Gasteiger charge is 2.32. The van der Waals surface area contributed by atoms with Crippen molar-refractivity contribution in [2.45, 2.75) is 31.5 Å². The molecule has 1 amide bonds. The number of amides is 1. The summed E-state index contributed by atoms with van der Waals surface area (Å²) in [4.78, 5) is 28.0. The molecule has 1 aliphatic heterocycles. The fourth-order valence-corrected chi connectivity index (χ4v) is 3.78. The monoisotopic (exact) mass is 409 g/mol. The van der Waals surface area contributed by atoms with E-state index in [1.807, 2.05) is 55.5 Å². The number of carbonyl (C=O) groups is 1. The molecule has 0 radical (unpaired) electrons. The molecule has 1 fully saturated rings. The number of H-pyrrole nitrogens is 2. The topological polar surface area (TPSA) is 108 Å². The average molecular weight is 409 g/mol. The van der Waals surface area contributed by atoms with Crippen molar-refractivity contribution >= 4 is 5.91 Å². The zero-order valence-corrected chi connectivity index (χ0v) is 16.6. The average Bonchev–Trinajstić information content (AvgIpc) is 3.40. The second-order valence-electron chi connectivity index (χ2n) is 7.71. The molecule has 2 heterocycles. The van der Waals surface area contributed by atoms with Gasteiger partial charge >= 0.3 is 5.69 Å². The molecule has 1 aliphatic rings. The summed E-state index contributed by atoms with van der Waals surface area (Å²) in [5.41, 5.74) is 9.56. The first-order valence-electron chi connectivity index (χ1n) is 9.96. The number of hydrogen-bond donors (Lipinski definition) is 3. The van der Waals surface area contributed by atoms with Gasteiger partial charge in [0.05, 0.1) is 12.6 Å². The Kier molecular flexibility index (Phi) is 5.50. The molecule has 156 valence electrons. The molecule has 0 unspecified atom stereocenters. The number of aromatic amines is 2. The number of hydrogen-bond acceptors (Lipinski definition) is 4. The molecule has 3 atom stereocenters. The molecule has 1 saturated heterocycles. The quantitative estimate of drug-likeness (QED) is 0.601. The van der Waals surface area contributed by atoms with Gasteiger partial charge in [0, 0.05) is 18.0 Å². The van der Waals surface area contributed by atoms with E-state index in [0.29, 0.717) is 18.8 Å². The van der Waals surface area contributed by atoms with Crippen molar-refractivity contribution in [1.29, 1.82) is 0 Å². The molecular formula is C22H24FN5O2. The van der Waals surface area contributed by atoms with Crippen molar-refractivity contribution in [2.75, 3.05) is 13.1 Å². The van der Waals surface area contributed by atoms with Crippen molar-refractivity contribution in [3.8, 4) is 22.5 Å². The van der Waals surface area contributed by atoms with E-state index in [0.717, 1.165) is 22.3 Å². The Balaban J connectivity index is 1.50. The van der Waals surface area contributed by atoms with E-state index in [1.54, 1.807) is 0 Å². The first kappa shape index (κ1) is 20.0. The summed E-state index contributed by atoms with van der Waals surface area (Å²) in [7, 11) is 0. The molecule has 7 nitrogen and oxygen atoms in total. The van der Waals surface area contributed by atoms with Crippen molar-refractivity contribution in [3.63, 3.8) is 0 Å². The highest BCUT2D eigenvalue weighted by Crippen LogP contribution is 2.27. The van der Waals surface area contributed by atoms with Gasteiger partial charge in [0.2, 0.25) is 5.91 Å². The summed E-state index contributed by atoms with van der Waals surface area (Å²) in [6, 6.07) is 14.8. The van der Waals surface area contributed by atoms with Gasteiger partial charge in [-0.1, -0.05) is 49.4 Å². The van der Waals surface area contributed by atoms with Crippen LogP contribution >= 0.6 is 0 Å². The SMILES string of the molecule is C[C@@H](c1ccc(-c2cccc(-c3n[nH]c(=O)[nH]3)c2)cc1)[C@H](N)C(=O)N1CC[C@H](F)C1. The molecule has 4 N–H and O–H groups in total. The molecule has 0 spiro atoms. The van der Waals surface area contributed by atoms with Crippen LogP contribution in [0.5, 0.6) is 0 Å². The standard InChI is InChI=1S/C22H24FN5O2/c1-13(19(24)21(29)28-10-9-18(23)12-28)14-5-7-15(8-6-14)16-3-2-4-17(11-16)20-25-22(30)27-26-20/h2-8,11,13,18-19H,9-10,12,24H2,1H3,(H2,25,26,27,30)/t13-,18-,19-/m0/s1. The highest BCUT2D eigenvalue weighted by atomic mass is 19.1. The smallest absolute Gasteiger partial charge is 0.338 e. The van der Waals surface area contributed by atoms with Gasteiger partial charge in [0.1, 0.15) is 6.17 Å². The molecule has 2 aromatic carbocycles. The summed E-state index contributed by atoms with van der Waals surface area (Å²) < 4.78 is 13.4. The van der Waals surface area contributed by atoms with E-state index >= 15 is 0 Å². The van der Waals surface area contributed by atoms with Crippen LogP contribution in [0.25, 0.3) is 22.5 Å². The van der Waals surface area contributed by atoms with Crippen molar-refractivity contribution in [3.05, 3.63) is 64.6 Å². The Labute approximate surface area is 173 Å². The fourth-order valence-electron chi connectivity index (χ4n) is 3.78. The third-order valence-electron chi connectivity index (χ3n) is 5.67. The lowest BCUT2D eigenvalue weighted by Gasteiger charge is -2.25. The molecule has 0 bridgehead atoms. The zero-order chi connectivity index (χ0) is 21.3. The summed E-state index contributed by atoms with van der Waals surface area (Å²) in [6.07, 6.45) is -0.571. The van der Waals surface area contributed by atoms with Crippen LogP contribution in [0.4, 0.5) is 4.39 Å². The van der Waals surface area contributed by atoms with Gasteiger partial charge in [0.25, 0.3) is 0 Å². The van der Waals surface area contributed by atoms with E-state index in [-0.39, 0.29) is 24.1 Å². The third-order valence-corrected chi connectivity index (χ3v) is 5.67. The van der Waals surface area contributed by atoms with Gasteiger partial charge in [-0.15, -0.1) is 0 Å². The second kappa shape index (κ2) is 8.23. The highest BCUT2D eigenvalue weighted by molar-refractivity contribution is 5.83. The van der Waals surface area contributed by atoms with Crippen LogP contribution in [0.15, 0.2) is 53.3 Å². The lowest BCUT2D eigenvalue weighted by molar-refractivity contribution is -0.132. The number of rotatable bonds is 5. The van der Waals surface area contributed by atoms with Crippen LogP contribution < -0.4 is 11.4 Å². The minimum absolute atomic E-state index is 0.135. The van der Waals surface area contributed by atoms with Crippen LogP contribution in [-0.2, 0) is 4.79 Å². The van der Waals surface area contributed by atoms with E-state index < -0.39 is 12.2 Å². The third kappa shape index (κ3) is 4.04. The zero-order valence-electron chi connectivity index (χ0n) is 16.6. The first-order valence-corrected chi connectivity index (χ1v) is 9.96. The Bertz CT molecular complexity index is 1090. The van der Waals surface area contributed by atoms with Gasteiger partial charge in [-0.25, -0.2) is 14.3 Å². The molecule has 1 aromatic heterocycles. The molecule has 4 rings (SSSR count). The summed E-state index contributed by atoms with van der Waals surface area (Å²) >= 11 is 0. The fraction of sp³-hybridized carbons (Fsp3) is 0.318. The Hall–Kier alpha value is -3.26. The van der Waals surface area contributed by atoms with E-state index in [1.165, 1.54) is 4.90 Å². The number of benzene rings is 2. The minimum atomic E-state index is -0.953. The van der Waals surface area contributed by atoms with Gasteiger partial charge < -0.3 is 10.6 Å². The number of alkyl halides is 1. The molecule has 0 aliphatic carbocycles. The second-order valence-corrected chi connectivity index (χ2v) is 7.71. The van der Waals surface area contributed by atoms with Crippen LogP contribution in [0.1, 0.15) is 24.8 Å². The number of halogens is 1. The number of nitrogens with zero attached hydrogens (tertiary/aromatic N) is 2. The first-order chi connectivity index (χ1) is 14.4. The normalized spacial score (nSPS) is 18.4. The maximum Gasteiger partial charge on any atom is 0.340 e. The number of aromatic nitrogens is 3. The van der Waals surface area contributed by atoms with Crippen LogP contribution in [0, 0.1) is 0 Å². The molecule has 30 heavy (non-hydrogen) atoms. The Morgan fingerprint density at radius 2 is 1.93 bits per heavy atom. The number of nitrogens with two attached hydrogens (primary N) is 1. The van der Waals surface area contributed by atoms with Crippen LogP contribution in [0.3, 0.4) is 0 Å². The largest absolute Gasteiger partial charge is 0.340 e. The number of carbonyl (C=O) groups excluding carboxylic acids is 1. The molecule has 8 heteroatoms. The summed E-state index contributed by atoms with van der Waals surface area (Å²) in [6.45, 7) is 2.47. The summed E-state index contributed by atoms with van der Waals surface area (Å²) in [5, 5.41) is 6.33. The van der Waals surface area contributed by atoms with Gasteiger partial charge in [0.15, 0.2) is 5.82 Å². The van der Waals surface area contributed by atoms with Gasteiger partial charge in [-0.2, -0.15) is 5.10 Å². The van der Waals surface area contributed by atoms with Crippen molar-refractivity contribution in [2.24, 2.45) is 5.73 Å². The van der Waals surface area contributed by atoms with Crippen molar-refractivity contribution < 1.29 is 9.18 Å². The lowest BCUT2D eigenvalue weighted by atomic mass is 9.91. The maximum absolute atomic E-state index is 13.4. The summed E-state index contributed by atoms with van der Waals surface area (Å²) in [5.74, 6) is 0.0899. The minimum Gasteiger partial charge on any atom is -0.338 e. The lowest BCUT2D eigenvalue weighted by Crippen LogP contribution is -2.45. The van der Waals surface area contributed by atoms with Gasteiger partial charge in [-0.3, -0.25) is 9.78 Å². The molecule has 0 saturated carbocycles. The number of nitrogens with one attached hydrogen (secondary N) is 2. The predicted octanol–water partition coefficient (Wildman–Crippen LogP) is 2.43. The van der Waals surface area contributed by atoms with E-state index in [2.05, 4.69) is 15.2 Å². The molecular weight excluding hydrogens is 385 g/mol. The Morgan fingerprint density at radius 3 is 2.57 bits per heavy atom. The van der Waals surface area contributed by atoms with Crippen LogP contribution in [0.2, 0.25) is 0 Å². The van der Waals surface area contributed by atoms with Crippen molar-refractivity contribution in [1.82, 2.24) is 20.1 Å².